The summed E-state index contributed by atoms with van der Waals surface area (Å²) in [5.41, 5.74) is -0.494. The van der Waals surface area contributed by atoms with Crippen LogP contribution in [-0.4, -0.2) is 35.6 Å². The van der Waals surface area contributed by atoms with Crippen LogP contribution in [0.25, 0.3) is 0 Å². The monoisotopic (exact) mass is 197 g/mol. The van der Waals surface area contributed by atoms with Gasteiger partial charge in [-0.1, -0.05) is 12.2 Å². The van der Waals surface area contributed by atoms with E-state index in [0.29, 0.717) is 0 Å². The summed E-state index contributed by atoms with van der Waals surface area (Å²) < 4.78 is 0. The molecule has 3 heteroatoms. The van der Waals surface area contributed by atoms with Crippen LogP contribution in [0.2, 0.25) is 0 Å². The average molecular weight is 197 g/mol. The van der Waals surface area contributed by atoms with Crippen molar-refractivity contribution < 1.29 is 9.90 Å². The van der Waals surface area contributed by atoms with Crippen molar-refractivity contribution in [3.8, 4) is 0 Å². The SMILES string of the molecule is CC=CCN1CCC(C)(C(=O)O)CC1. The van der Waals surface area contributed by atoms with Gasteiger partial charge in [0.1, 0.15) is 0 Å². The summed E-state index contributed by atoms with van der Waals surface area (Å²) in [4.78, 5) is 13.3. The predicted octanol–water partition coefficient (Wildman–Crippen LogP) is 1.75. The molecule has 0 bridgehead atoms. The van der Waals surface area contributed by atoms with Gasteiger partial charge in [0.2, 0.25) is 0 Å². The Morgan fingerprint density at radius 3 is 2.50 bits per heavy atom. The lowest BCUT2D eigenvalue weighted by molar-refractivity contribution is -0.150. The van der Waals surface area contributed by atoms with Crippen molar-refractivity contribution in [3.63, 3.8) is 0 Å². The van der Waals surface area contributed by atoms with Crippen molar-refractivity contribution in [1.29, 1.82) is 0 Å². The number of likely N-dealkylation sites (tertiary alicyclic amines) is 1. The first-order valence-corrected chi connectivity index (χ1v) is 5.15. The normalized spacial score (nSPS) is 22.7. The molecule has 1 N–H and O–H groups in total. The fourth-order valence-electron chi connectivity index (χ4n) is 1.70. The first kappa shape index (κ1) is 11.2. The van der Waals surface area contributed by atoms with E-state index in [1.54, 1.807) is 0 Å². The first-order chi connectivity index (χ1) is 6.58. The van der Waals surface area contributed by atoms with Crippen molar-refractivity contribution in [2.75, 3.05) is 19.6 Å². The summed E-state index contributed by atoms with van der Waals surface area (Å²) in [6, 6.07) is 0. The van der Waals surface area contributed by atoms with Crippen molar-refractivity contribution >= 4 is 5.97 Å². The molecule has 80 valence electrons. The molecular formula is C11H19NO2. The minimum Gasteiger partial charge on any atom is -0.481 e. The highest BCUT2D eigenvalue weighted by atomic mass is 16.4. The van der Waals surface area contributed by atoms with Crippen LogP contribution in [0.4, 0.5) is 0 Å². The van der Waals surface area contributed by atoms with Gasteiger partial charge >= 0.3 is 5.97 Å². The summed E-state index contributed by atoms with van der Waals surface area (Å²) >= 11 is 0. The molecule has 0 spiro atoms. The predicted molar refractivity (Wildman–Crippen MR) is 56.2 cm³/mol. The Bertz CT molecular complexity index is 227. The summed E-state index contributed by atoms with van der Waals surface area (Å²) in [7, 11) is 0. The molecule has 0 unspecified atom stereocenters. The van der Waals surface area contributed by atoms with E-state index in [-0.39, 0.29) is 0 Å². The van der Waals surface area contributed by atoms with E-state index in [9.17, 15) is 4.79 Å². The van der Waals surface area contributed by atoms with Crippen molar-refractivity contribution in [2.24, 2.45) is 5.41 Å². The Labute approximate surface area is 85.4 Å². The number of nitrogens with zero attached hydrogens (tertiary/aromatic N) is 1. The maximum Gasteiger partial charge on any atom is 0.309 e. The number of hydrogen-bond acceptors (Lipinski definition) is 2. The molecule has 0 amide bonds. The number of rotatable bonds is 3. The smallest absolute Gasteiger partial charge is 0.309 e. The fourth-order valence-corrected chi connectivity index (χ4v) is 1.70. The van der Waals surface area contributed by atoms with Gasteiger partial charge in [0.05, 0.1) is 5.41 Å². The van der Waals surface area contributed by atoms with Crippen molar-refractivity contribution in [2.45, 2.75) is 26.7 Å². The highest BCUT2D eigenvalue weighted by Gasteiger charge is 2.36. The zero-order valence-corrected chi connectivity index (χ0v) is 8.99. The molecule has 0 radical (unpaired) electrons. The zero-order valence-electron chi connectivity index (χ0n) is 8.99. The summed E-state index contributed by atoms with van der Waals surface area (Å²) in [6.07, 6.45) is 5.67. The number of carboxylic acids is 1. The number of hydrogen-bond donors (Lipinski definition) is 1. The van der Waals surface area contributed by atoms with Crippen LogP contribution >= 0.6 is 0 Å². The maximum absolute atomic E-state index is 11.0. The molecule has 0 aromatic heterocycles. The third kappa shape index (κ3) is 2.58. The van der Waals surface area contributed by atoms with Gasteiger partial charge in [-0.3, -0.25) is 9.69 Å². The largest absolute Gasteiger partial charge is 0.481 e. The quantitative estimate of drug-likeness (QED) is 0.701. The molecule has 3 nitrogen and oxygen atoms in total. The van der Waals surface area contributed by atoms with Crippen LogP contribution in [0.1, 0.15) is 26.7 Å². The summed E-state index contributed by atoms with van der Waals surface area (Å²) in [5, 5.41) is 9.03. The van der Waals surface area contributed by atoms with Gasteiger partial charge in [0, 0.05) is 6.54 Å². The fraction of sp³-hybridized carbons (Fsp3) is 0.727. The van der Waals surface area contributed by atoms with E-state index in [2.05, 4.69) is 11.0 Å². The number of aliphatic carboxylic acids is 1. The van der Waals surface area contributed by atoms with Crippen LogP contribution in [0, 0.1) is 5.41 Å². The van der Waals surface area contributed by atoms with Crippen LogP contribution in [0.5, 0.6) is 0 Å². The maximum atomic E-state index is 11.0. The highest BCUT2D eigenvalue weighted by molar-refractivity contribution is 5.74. The lowest BCUT2D eigenvalue weighted by atomic mass is 9.80. The van der Waals surface area contributed by atoms with E-state index < -0.39 is 11.4 Å². The van der Waals surface area contributed by atoms with Crippen molar-refractivity contribution in [1.82, 2.24) is 4.90 Å². The van der Waals surface area contributed by atoms with Crippen molar-refractivity contribution in [3.05, 3.63) is 12.2 Å². The topological polar surface area (TPSA) is 40.5 Å². The molecule has 1 fully saturated rings. The number of allylic oxidation sites excluding steroid dienone is 1. The molecule has 0 atom stereocenters. The second-order valence-electron chi connectivity index (χ2n) is 4.24. The van der Waals surface area contributed by atoms with E-state index in [0.717, 1.165) is 32.5 Å². The molecule has 1 aliphatic heterocycles. The second kappa shape index (κ2) is 4.60. The van der Waals surface area contributed by atoms with Gasteiger partial charge in [-0.05, 0) is 39.8 Å². The molecule has 1 rings (SSSR count). The molecule has 1 saturated heterocycles. The Morgan fingerprint density at radius 1 is 1.50 bits per heavy atom. The molecule has 1 heterocycles. The highest BCUT2D eigenvalue weighted by Crippen LogP contribution is 2.30. The molecule has 14 heavy (non-hydrogen) atoms. The number of piperidine rings is 1. The summed E-state index contributed by atoms with van der Waals surface area (Å²) in [5.74, 6) is -0.650. The van der Waals surface area contributed by atoms with E-state index in [4.69, 9.17) is 5.11 Å². The van der Waals surface area contributed by atoms with Gasteiger partial charge < -0.3 is 5.11 Å². The molecule has 0 saturated carbocycles. The molecule has 1 aliphatic rings. The Hall–Kier alpha value is -0.830. The standard InChI is InChI=1S/C11H19NO2/c1-3-4-7-12-8-5-11(2,6-9-12)10(13)14/h3-4H,5-9H2,1-2H3,(H,13,14). The van der Waals surface area contributed by atoms with Crippen LogP contribution < -0.4 is 0 Å². The zero-order chi connectivity index (χ0) is 10.6. The van der Waals surface area contributed by atoms with Gasteiger partial charge in [-0.2, -0.15) is 0 Å². The van der Waals surface area contributed by atoms with Gasteiger partial charge in [0.15, 0.2) is 0 Å². The third-order valence-electron chi connectivity index (χ3n) is 3.08. The van der Waals surface area contributed by atoms with E-state index >= 15 is 0 Å². The van der Waals surface area contributed by atoms with Gasteiger partial charge in [-0.25, -0.2) is 0 Å². The minimum atomic E-state index is -0.650. The van der Waals surface area contributed by atoms with Crippen LogP contribution in [0.3, 0.4) is 0 Å². The lowest BCUT2D eigenvalue weighted by Gasteiger charge is -2.35. The van der Waals surface area contributed by atoms with Gasteiger partial charge in [-0.15, -0.1) is 0 Å². The minimum absolute atomic E-state index is 0.494. The average Bonchev–Trinajstić information content (AvgIpc) is 2.17. The second-order valence-corrected chi connectivity index (χ2v) is 4.24. The number of carbonyl (C=O) groups is 1. The Morgan fingerprint density at radius 2 is 2.07 bits per heavy atom. The number of carboxylic acid groups (broad SMARTS) is 1. The Balaban J connectivity index is 2.41. The van der Waals surface area contributed by atoms with Crippen LogP contribution in [-0.2, 0) is 4.79 Å². The van der Waals surface area contributed by atoms with E-state index in [1.807, 2.05) is 19.9 Å². The van der Waals surface area contributed by atoms with E-state index in [1.165, 1.54) is 0 Å². The third-order valence-corrected chi connectivity index (χ3v) is 3.08. The van der Waals surface area contributed by atoms with Crippen LogP contribution in [0.15, 0.2) is 12.2 Å². The Kier molecular flexibility index (Phi) is 3.69. The first-order valence-electron chi connectivity index (χ1n) is 5.15. The molecule has 0 aromatic rings. The molecular weight excluding hydrogens is 178 g/mol. The molecule has 0 aromatic carbocycles. The molecule has 0 aliphatic carbocycles. The lowest BCUT2D eigenvalue weighted by Crippen LogP contribution is -2.42. The summed E-state index contributed by atoms with van der Waals surface area (Å²) in [6.45, 7) is 6.60. The van der Waals surface area contributed by atoms with Gasteiger partial charge in [0.25, 0.3) is 0 Å².